The zero-order valence-electron chi connectivity index (χ0n) is 32.4. The van der Waals surface area contributed by atoms with Gasteiger partial charge in [0.1, 0.15) is 36.8 Å². The van der Waals surface area contributed by atoms with Crippen LogP contribution in [-0.2, 0) is 33.8 Å². The zero-order chi connectivity index (χ0) is 38.9. The van der Waals surface area contributed by atoms with Crippen molar-refractivity contribution in [2.24, 2.45) is 0 Å². The highest BCUT2D eigenvalue weighted by molar-refractivity contribution is 5.94. The molecule has 3 aromatic carbocycles. The summed E-state index contributed by atoms with van der Waals surface area (Å²) < 4.78 is 24.1. The van der Waals surface area contributed by atoms with Crippen molar-refractivity contribution in [2.45, 2.75) is 76.5 Å². The van der Waals surface area contributed by atoms with Gasteiger partial charge in [-0.2, -0.15) is 9.97 Å². The SMILES string of the molecule is [C-]#[N+]C[C@H]1CN(c2nc(OC[C@H]3CN(C(=O)OC(C)(C)C)C4(CC4)CO3)nc3c2CCN(c2cccc4ccccc24)C3)CCN1C(=O)OCc1ccccc1. The average Bonchev–Trinajstić information content (AvgIpc) is 3.98. The van der Waals surface area contributed by atoms with Crippen LogP contribution < -0.4 is 14.5 Å². The lowest BCUT2D eigenvalue weighted by molar-refractivity contribution is -0.0903. The molecule has 0 unspecified atom stereocenters. The van der Waals surface area contributed by atoms with Gasteiger partial charge in [-0.3, -0.25) is 9.80 Å². The number of morpholine rings is 1. The molecule has 1 saturated carbocycles. The predicted molar refractivity (Wildman–Crippen MR) is 212 cm³/mol. The van der Waals surface area contributed by atoms with E-state index < -0.39 is 17.8 Å². The first-order chi connectivity index (χ1) is 27.1. The molecule has 4 heterocycles. The summed E-state index contributed by atoms with van der Waals surface area (Å²) in [7, 11) is 0. The second-order valence-electron chi connectivity index (χ2n) is 16.2. The van der Waals surface area contributed by atoms with Crippen molar-refractivity contribution < 1.29 is 28.5 Å². The fourth-order valence-electron chi connectivity index (χ4n) is 7.97. The summed E-state index contributed by atoms with van der Waals surface area (Å²) in [6.07, 6.45) is 1.33. The van der Waals surface area contributed by atoms with Crippen LogP contribution in [0.15, 0.2) is 72.8 Å². The molecule has 2 saturated heterocycles. The summed E-state index contributed by atoms with van der Waals surface area (Å²) in [6, 6.07) is 24.2. The Kier molecular flexibility index (Phi) is 10.3. The van der Waals surface area contributed by atoms with Gasteiger partial charge in [0, 0.05) is 42.8 Å². The average molecular weight is 760 g/mol. The predicted octanol–water partition coefficient (Wildman–Crippen LogP) is 6.49. The van der Waals surface area contributed by atoms with E-state index in [1.807, 2.05) is 56.0 Å². The standard InChI is InChI=1S/C43H49N7O6/c1-42(2,3)56-41(52)50-25-33(55-29-43(50)18-19-43)28-53-39-45-36-26-47(37-16-10-14-31-13-8-9-15-34(31)37)20-17-35(36)38(46-39)48-21-22-49(32(24-48)23-44-4)40(51)54-27-30-11-6-5-7-12-30/h5-16,32-33H,17-29H2,1-3H3/t32-,33+/m0/s1. The number of ether oxygens (including phenoxy) is 4. The first-order valence-electron chi connectivity index (χ1n) is 19.5. The lowest BCUT2D eigenvalue weighted by Gasteiger charge is -2.41. The largest absolute Gasteiger partial charge is 0.461 e. The smallest absolute Gasteiger partial charge is 0.410 e. The number of hydrogen-bond donors (Lipinski definition) is 0. The second kappa shape index (κ2) is 15.5. The topological polar surface area (TPSA) is 114 Å². The first-order valence-corrected chi connectivity index (χ1v) is 19.5. The van der Waals surface area contributed by atoms with Gasteiger partial charge in [0.05, 0.1) is 30.9 Å². The molecule has 13 nitrogen and oxygen atoms in total. The highest BCUT2D eigenvalue weighted by Crippen LogP contribution is 2.45. The molecule has 0 N–H and O–H groups in total. The maximum absolute atomic E-state index is 13.4. The maximum atomic E-state index is 13.4. The summed E-state index contributed by atoms with van der Waals surface area (Å²) >= 11 is 0. The molecule has 8 rings (SSSR count). The van der Waals surface area contributed by atoms with E-state index in [1.54, 1.807) is 4.90 Å². The molecule has 3 aliphatic heterocycles. The highest BCUT2D eigenvalue weighted by atomic mass is 16.6. The third-order valence-electron chi connectivity index (χ3n) is 11.0. The van der Waals surface area contributed by atoms with Gasteiger partial charge in [-0.1, -0.05) is 66.7 Å². The van der Waals surface area contributed by atoms with Crippen molar-refractivity contribution in [3.63, 3.8) is 0 Å². The Morgan fingerprint density at radius 3 is 2.50 bits per heavy atom. The van der Waals surface area contributed by atoms with Crippen molar-refractivity contribution in [2.75, 3.05) is 62.3 Å². The lowest BCUT2D eigenvalue weighted by atomic mass is 10.0. The van der Waals surface area contributed by atoms with Crippen LogP contribution >= 0.6 is 0 Å². The van der Waals surface area contributed by atoms with Gasteiger partial charge in [0.15, 0.2) is 0 Å². The summed E-state index contributed by atoms with van der Waals surface area (Å²) in [4.78, 5) is 48.4. The molecule has 292 valence electrons. The fraction of sp³-hybridized carbons (Fsp3) is 0.465. The molecule has 4 aromatic rings. The molecular formula is C43H49N7O6. The number of anilines is 2. The monoisotopic (exact) mass is 759 g/mol. The Morgan fingerprint density at radius 2 is 1.71 bits per heavy atom. The quantitative estimate of drug-likeness (QED) is 0.185. The van der Waals surface area contributed by atoms with E-state index in [-0.39, 0.29) is 43.4 Å². The van der Waals surface area contributed by atoms with Gasteiger partial charge in [-0.25, -0.2) is 16.2 Å². The van der Waals surface area contributed by atoms with Gasteiger partial charge in [-0.15, -0.1) is 0 Å². The van der Waals surface area contributed by atoms with Gasteiger partial charge in [0.25, 0.3) is 0 Å². The molecule has 1 aliphatic carbocycles. The highest BCUT2D eigenvalue weighted by Gasteiger charge is 2.55. The van der Waals surface area contributed by atoms with E-state index in [2.05, 4.69) is 57.1 Å². The molecule has 2 amide bonds. The van der Waals surface area contributed by atoms with Crippen LogP contribution in [-0.4, -0.2) is 108 Å². The number of nitrogens with zero attached hydrogens (tertiary/aromatic N) is 7. The molecule has 1 spiro atoms. The molecule has 0 bridgehead atoms. The van der Waals surface area contributed by atoms with Crippen molar-refractivity contribution >= 4 is 34.5 Å². The number of rotatable bonds is 8. The van der Waals surface area contributed by atoms with Crippen LogP contribution in [0.2, 0.25) is 0 Å². The van der Waals surface area contributed by atoms with E-state index in [9.17, 15) is 9.59 Å². The Hall–Kier alpha value is -5.61. The summed E-state index contributed by atoms with van der Waals surface area (Å²) in [5, 5.41) is 2.36. The van der Waals surface area contributed by atoms with Crippen LogP contribution in [0.4, 0.5) is 21.1 Å². The van der Waals surface area contributed by atoms with Crippen LogP contribution in [0.5, 0.6) is 6.01 Å². The molecule has 4 aliphatic rings. The van der Waals surface area contributed by atoms with Gasteiger partial charge >= 0.3 is 18.2 Å². The molecule has 2 atom stereocenters. The molecule has 0 radical (unpaired) electrons. The van der Waals surface area contributed by atoms with Crippen LogP contribution in [0.25, 0.3) is 15.6 Å². The van der Waals surface area contributed by atoms with Crippen molar-refractivity contribution in [3.8, 4) is 6.01 Å². The molecule has 56 heavy (non-hydrogen) atoms. The molecule has 3 fully saturated rings. The molecular weight excluding hydrogens is 711 g/mol. The Bertz CT molecular complexity index is 2110. The second-order valence-corrected chi connectivity index (χ2v) is 16.2. The van der Waals surface area contributed by atoms with Crippen LogP contribution in [0.1, 0.15) is 50.4 Å². The Balaban J connectivity index is 1.04. The number of carbonyl (C=O) groups excluding carboxylic acids is 2. The third-order valence-corrected chi connectivity index (χ3v) is 11.0. The summed E-state index contributed by atoms with van der Waals surface area (Å²) in [5.41, 5.74) is 3.04. The minimum Gasteiger partial charge on any atom is -0.461 e. The Labute approximate surface area is 327 Å². The number of aromatic nitrogens is 2. The van der Waals surface area contributed by atoms with Gasteiger partial charge in [-0.05, 0) is 57.0 Å². The molecule has 13 heteroatoms. The van der Waals surface area contributed by atoms with Crippen LogP contribution in [0.3, 0.4) is 0 Å². The maximum Gasteiger partial charge on any atom is 0.410 e. The third kappa shape index (κ3) is 8.02. The van der Waals surface area contributed by atoms with Crippen molar-refractivity contribution in [1.29, 1.82) is 0 Å². The number of fused-ring (bicyclic) bond motifs is 2. The van der Waals surface area contributed by atoms with E-state index in [0.29, 0.717) is 45.8 Å². The van der Waals surface area contributed by atoms with Gasteiger partial charge in [0.2, 0.25) is 6.54 Å². The molecule has 1 aromatic heterocycles. The number of hydrogen-bond acceptors (Lipinski definition) is 10. The van der Waals surface area contributed by atoms with E-state index in [1.165, 1.54) is 10.8 Å². The number of benzene rings is 3. The number of amides is 2. The van der Waals surface area contributed by atoms with E-state index in [0.717, 1.165) is 47.7 Å². The fourth-order valence-corrected chi connectivity index (χ4v) is 7.97. The Morgan fingerprint density at radius 1 is 0.929 bits per heavy atom. The summed E-state index contributed by atoms with van der Waals surface area (Å²) in [6.45, 7) is 17.2. The van der Waals surface area contributed by atoms with Crippen LogP contribution in [0, 0.1) is 6.57 Å². The van der Waals surface area contributed by atoms with E-state index in [4.69, 9.17) is 35.5 Å². The lowest BCUT2D eigenvalue weighted by Crippen LogP contribution is -2.57. The number of piperazine rings is 1. The minimum absolute atomic E-state index is 0.136. The van der Waals surface area contributed by atoms with Crippen molar-refractivity contribution in [1.82, 2.24) is 19.8 Å². The van der Waals surface area contributed by atoms with E-state index >= 15 is 0 Å². The number of carbonyl (C=O) groups is 2. The van der Waals surface area contributed by atoms with Crippen molar-refractivity contribution in [3.05, 3.63) is 101 Å². The first kappa shape index (κ1) is 37.3. The normalized spacial score (nSPS) is 20.3. The summed E-state index contributed by atoms with van der Waals surface area (Å²) in [5.74, 6) is 0.756. The minimum atomic E-state index is -0.605. The zero-order valence-corrected chi connectivity index (χ0v) is 32.4. The van der Waals surface area contributed by atoms with Gasteiger partial charge < -0.3 is 33.6 Å².